The van der Waals surface area contributed by atoms with Crippen LogP contribution < -0.4 is 10.9 Å². The van der Waals surface area contributed by atoms with Crippen LogP contribution in [-0.4, -0.2) is 21.9 Å². The molecule has 0 saturated heterocycles. The first-order valence-electron chi connectivity index (χ1n) is 7.64. The first-order valence-corrected chi connectivity index (χ1v) is 7.64. The number of aromatic nitrogens is 2. The molecule has 5 heteroatoms. The highest BCUT2D eigenvalue weighted by Crippen LogP contribution is 2.07. The number of benzene rings is 1. The Morgan fingerprint density at radius 2 is 2.05 bits per heavy atom. The average Bonchev–Trinajstić information content (AvgIpc) is 2.81. The summed E-state index contributed by atoms with van der Waals surface area (Å²) in [6.45, 7) is 4.14. The smallest absolute Gasteiger partial charge is 0.334 e. The van der Waals surface area contributed by atoms with E-state index >= 15 is 0 Å². The number of aromatic amines is 1. The minimum absolute atomic E-state index is 0.0627. The van der Waals surface area contributed by atoms with E-state index in [-0.39, 0.29) is 17.6 Å². The van der Waals surface area contributed by atoms with Gasteiger partial charge in [0, 0.05) is 6.04 Å². The molecule has 0 aliphatic carbocycles. The van der Waals surface area contributed by atoms with Crippen molar-refractivity contribution >= 4 is 16.9 Å². The van der Waals surface area contributed by atoms with Crippen LogP contribution in [0.25, 0.3) is 10.9 Å². The lowest BCUT2D eigenvalue weighted by Crippen LogP contribution is -2.40. The van der Waals surface area contributed by atoms with Gasteiger partial charge in [-0.1, -0.05) is 44.7 Å². The Morgan fingerprint density at radius 1 is 1.29 bits per heavy atom. The van der Waals surface area contributed by atoms with E-state index in [1.807, 2.05) is 13.0 Å². The van der Waals surface area contributed by atoms with Crippen molar-refractivity contribution in [3.63, 3.8) is 0 Å². The second-order valence-corrected chi connectivity index (χ2v) is 5.50. The lowest BCUT2D eigenvalue weighted by molar-refractivity contribution is 0.235. The number of H-pyrrole nitrogens is 1. The van der Waals surface area contributed by atoms with Gasteiger partial charge in [-0.2, -0.15) is 4.68 Å². The molecule has 0 aliphatic heterocycles. The Bertz CT molecular complexity index is 657. The van der Waals surface area contributed by atoms with E-state index in [4.69, 9.17) is 0 Å². The maximum Gasteiger partial charge on any atom is 0.343 e. The number of hydrogen-bond acceptors (Lipinski definition) is 2. The molecule has 1 aromatic heterocycles. The molecule has 0 aliphatic rings. The van der Waals surface area contributed by atoms with Gasteiger partial charge in [0.15, 0.2) is 0 Å². The van der Waals surface area contributed by atoms with Crippen molar-refractivity contribution in [2.24, 2.45) is 0 Å². The van der Waals surface area contributed by atoms with Gasteiger partial charge < -0.3 is 5.32 Å². The number of nitrogens with zero attached hydrogens (tertiary/aromatic N) is 1. The summed E-state index contributed by atoms with van der Waals surface area (Å²) >= 11 is 0. The Kier molecular flexibility index (Phi) is 5.20. The minimum atomic E-state index is -0.390. The number of amides is 1. The second-order valence-electron chi connectivity index (χ2n) is 5.50. The maximum absolute atomic E-state index is 12.2. The molecule has 1 atom stereocenters. The SMILES string of the molecule is CCCCCCC(C)NC(=O)n1[nH]c2ccccc2c1=O. The molecule has 0 radical (unpaired) electrons. The van der Waals surface area contributed by atoms with Crippen molar-refractivity contribution in [2.45, 2.75) is 52.0 Å². The van der Waals surface area contributed by atoms with Crippen LogP contribution in [0.4, 0.5) is 4.79 Å². The molecule has 114 valence electrons. The molecule has 2 aromatic rings. The number of rotatable bonds is 6. The summed E-state index contributed by atoms with van der Waals surface area (Å²) in [7, 11) is 0. The van der Waals surface area contributed by atoms with Crippen molar-refractivity contribution in [3.8, 4) is 0 Å². The van der Waals surface area contributed by atoms with Crippen molar-refractivity contribution < 1.29 is 4.79 Å². The number of para-hydroxylation sites is 1. The summed E-state index contributed by atoms with van der Waals surface area (Å²) in [5.41, 5.74) is 0.370. The van der Waals surface area contributed by atoms with Crippen molar-refractivity contribution in [1.29, 1.82) is 0 Å². The summed E-state index contributed by atoms with van der Waals surface area (Å²) in [4.78, 5) is 24.3. The maximum atomic E-state index is 12.2. The molecule has 0 spiro atoms. The number of carbonyl (C=O) groups is 1. The number of carbonyl (C=O) groups excluding carboxylic acids is 1. The third-order valence-electron chi connectivity index (χ3n) is 3.66. The first kappa shape index (κ1) is 15.4. The lowest BCUT2D eigenvalue weighted by Gasteiger charge is -2.13. The zero-order valence-electron chi connectivity index (χ0n) is 12.7. The normalized spacial score (nSPS) is 12.5. The molecule has 1 unspecified atom stereocenters. The highest BCUT2D eigenvalue weighted by molar-refractivity contribution is 5.84. The Morgan fingerprint density at radius 3 is 2.76 bits per heavy atom. The van der Waals surface area contributed by atoms with Crippen LogP contribution in [0.2, 0.25) is 0 Å². The molecule has 2 rings (SSSR count). The standard InChI is InChI=1S/C16H23N3O2/c1-3-4-5-6-9-12(2)17-16(21)19-15(20)13-10-7-8-11-14(13)18-19/h7-8,10-12,18H,3-6,9H2,1-2H3,(H,17,21). The summed E-state index contributed by atoms with van der Waals surface area (Å²) in [5, 5.41) is 6.24. The van der Waals surface area contributed by atoms with Crippen LogP contribution in [0.15, 0.2) is 29.1 Å². The summed E-state index contributed by atoms with van der Waals surface area (Å²) < 4.78 is 1.05. The minimum Gasteiger partial charge on any atom is -0.334 e. The molecule has 2 N–H and O–H groups in total. The van der Waals surface area contributed by atoms with E-state index in [1.165, 1.54) is 19.3 Å². The zero-order valence-corrected chi connectivity index (χ0v) is 12.7. The van der Waals surface area contributed by atoms with E-state index in [0.717, 1.165) is 17.5 Å². The predicted molar refractivity (Wildman–Crippen MR) is 84.7 cm³/mol. The number of nitrogens with one attached hydrogen (secondary N) is 2. The third kappa shape index (κ3) is 3.74. The van der Waals surface area contributed by atoms with E-state index in [1.54, 1.807) is 18.2 Å². The molecular weight excluding hydrogens is 266 g/mol. The lowest BCUT2D eigenvalue weighted by atomic mass is 10.1. The fraction of sp³-hybridized carbons (Fsp3) is 0.500. The van der Waals surface area contributed by atoms with Gasteiger partial charge in [-0.05, 0) is 25.5 Å². The Labute approximate surface area is 124 Å². The highest BCUT2D eigenvalue weighted by Gasteiger charge is 2.14. The predicted octanol–water partition coefficient (Wildman–Crippen LogP) is 3.25. The van der Waals surface area contributed by atoms with E-state index in [2.05, 4.69) is 17.3 Å². The van der Waals surface area contributed by atoms with Crippen molar-refractivity contribution in [1.82, 2.24) is 15.1 Å². The summed E-state index contributed by atoms with van der Waals surface area (Å²) in [5.74, 6) is 0. The molecule has 1 heterocycles. The Balaban J connectivity index is 1.99. The van der Waals surface area contributed by atoms with Crippen LogP contribution in [0.5, 0.6) is 0 Å². The van der Waals surface area contributed by atoms with E-state index in [0.29, 0.717) is 10.9 Å². The zero-order chi connectivity index (χ0) is 15.2. The summed E-state index contributed by atoms with van der Waals surface area (Å²) in [6, 6.07) is 6.79. The molecule has 1 amide bonds. The molecule has 0 saturated carbocycles. The van der Waals surface area contributed by atoms with Crippen LogP contribution in [0, 0.1) is 0 Å². The third-order valence-corrected chi connectivity index (χ3v) is 3.66. The van der Waals surface area contributed by atoms with Crippen LogP contribution in [0.3, 0.4) is 0 Å². The van der Waals surface area contributed by atoms with Gasteiger partial charge in [0.05, 0.1) is 10.9 Å². The molecule has 0 fully saturated rings. The van der Waals surface area contributed by atoms with E-state index < -0.39 is 0 Å². The Hall–Kier alpha value is -2.04. The van der Waals surface area contributed by atoms with Gasteiger partial charge in [0.2, 0.25) is 0 Å². The molecule has 1 aromatic carbocycles. The fourth-order valence-corrected chi connectivity index (χ4v) is 2.43. The largest absolute Gasteiger partial charge is 0.343 e. The quantitative estimate of drug-likeness (QED) is 0.802. The number of fused-ring (bicyclic) bond motifs is 1. The van der Waals surface area contributed by atoms with Crippen LogP contribution >= 0.6 is 0 Å². The van der Waals surface area contributed by atoms with Gasteiger partial charge in [0.25, 0.3) is 5.56 Å². The topological polar surface area (TPSA) is 66.9 Å². The average molecular weight is 289 g/mol. The van der Waals surface area contributed by atoms with Crippen molar-refractivity contribution in [2.75, 3.05) is 0 Å². The molecule has 21 heavy (non-hydrogen) atoms. The number of unbranched alkanes of at least 4 members (excludes halogenated alkanes) is 3. The van der Waals surface area contributed by atoms with Gasteiger partial charge in [0.1, 0.15) is 0 Å². The molecular formula is C16H23N3O2. The highest BCUT2D eigenvalue weighted by atomic mass is 16.2. The van der Waals surface area contributed by atoms with Gasteiger partial charge in [-0.3, -0.25) is 9.89 Å². The molecule has 0 bridgehead atoms. The van der Waals surface area contributed by atoms with Crippen LogP contribution in [0.1, 0.15) is 46.0 Å². The van der Waals surface area contributed by atoms with Gasteiger partial charge in [-0.15, -0.1) is 0 Å². The second kappa shape index (κ2) is 7.11. The van der Waals surface area contributed by atoms with Gasteiger partial charge >= 0.3 is 6.03 Å². The fourth-order valence-electron chi connectivity index (χ4n) is 2.43. The molecule has 5 nitrogen and oxygen atoms in total. The van der Waals surface area contributed by atoms with E-state index in [9.17, 15) is 9.59 Å². The summed E-state index contributed by atoms with van der Waals surface area (Å²) in [6.07, 6.45) is 5.63. The first-order chi connectivity index (χ1) is 10.1. The number of hydrogen-bond donors (Lipinski definition) is 2. The van der Waals surface area contributed by atoms with Crippen molar-refractivity contribution in [3.05, 3.63) is 34.6 Å². The van der Waals surface area contributed by atoms with Gasteiger partial charge in [-0.25, -0.2) is 4.79 Å². The van der Waals surface area contributed by atoms with Crippen LogP contribution in [-0.2, 0) is 0 Å². The monoisotopic (exact) mass is 289 g/mol.